The summed E-state index contributed by atoms with van der Waals surface area (Å²) in [5.74, 6) is 0.131. The Labute approximate surface area is 217 Å². The smallest absolute Gasteiger partial charge is 0.339 e. The van der Waals surface area contributed by atoms with Gasteiger partial charge in [-0.15, -0.1) is 5.10 Å². The molecule has 2 saturated carbocycles. The summed E-state index contributed by atoms with van der Waals surface area (Å²) in [6, 6.07) is 17.1. The molecule has 0 bridgehead atoms. The number of carbonyl (C=O) groups is 1. The molecule has 6 rings (SSSR count). The third-order valence-electron chi connectivity index (χ3n) is 8.10. The fourth-order valence-electron chi connectivity index (χ4n) is 6.01. The largest absolute Gasteiger partial charge is 0.478 e. The van der Waals surface area contributed by atoms with E-state index in [0.29, 0.717) is 0 Å². The topological polar surface area (TPSA) is 85.8 Å². The average molecular weight is 496 g/mol. The van der Waals surface area contributed by atoms with E-state index in [9.17, 15) is 9.90 Å². The second-order valence-corrected chi connectivity index (χ2v) is 10.7. The predicted octanol–water partition coefficient (Wildman–Crippen LogP) is 6.15. The molecular weight excluding hydrogens is 462 g/mol. The quantitative estimate of drug-likeness (QED) is 0.317. The maximum Gasteiger partial charge on any atom is 0.339 e. The fourth-order valence-corrected chi connectivity index (χ4v) is 6.01. The lowest BCUT2D eigenvalue weighted by molar-refractivity contribution is 0.0695. The van der Waals surface area contributed by atoms with E-state index in [1.807, 2.05) is 25.4 Å². The second kappa shape index (κ2) is 9.96. The number of hydrogen-bond donors (Lipinski definition) is 1. The third-order valence-corrected chi connectivity index (χ3v) is 8.10. The van der Waals surface area contributed by atoms with Crippen molar-refractivity contribution in [1.82, 2.24) is 24.8 Å². The first-order chi connectivity index (χ1) is 18.1. The highest BCUT2D eigenvalue weighted by Gasteiger charge is 2.46. The molecule has 0 radical (unpaired) electrons. The fraction of sp³-hybridized carbons (Fsp3) is 0.400. The van der Waals surface area contributed by atoms with Crippen LogP contribution in [0.2, 0.25) is 0 Å². The normalized spacial score (nSPS) is 19.7. The Bertz CT molecular complexity index is 1410. The second-order valence-electron chi connectivity index (χ2n) is 10.7. The first-order valence-corrected chi connectivity index (χ1v) is 13.4. The van der Waals surface area contributed by atoms with Gasteiger partial charge in [0.2, 0.25) is 0 Å². The first-order valence-electron chi connectivity index (χ1n) is 13.4. The van der Waals surface area contributed by atoms with Crippen LogP contribution >= 0.6 is 0 Å². The molecule has 2 aliphatic carbocycles. The molecule has 190 valence electrons. The van der Waals surface area contributed by atoms with Crippen LogP contribution in [0, 0.1) is 5.92 Å². The lowest BCUT2D eigenvalue weighted by Gasteiger charge is -2.21. The molecule has 1 N–H and O–H groups in total. The lowest BCUT2D eigenvalue weighted by atomic mass is 9.85. The van der Waals surface area contributed by atoms with Gasteiger partial charge < -0.3 is 5.11 Å². The molecule has 0 unspecified atom stereocenters. The Morgan fingerprint density at radius 2 is 1.81 bits per heavy atom. The van der Waals surface area contributed by atoms with Crippen LogP contribution in [-0.2, 0) is 13.5 Å². The van der Waals surface area contributed by atoms with E-state index < -0.39 is 5.97 Å². The molecule has 4 aromatic rings. The van der Waals surface area contributed by atoms with Gasteiger partial charge in [-0.3, -0.25) is 4.68 Å². The number of benzene rings is 2. The molecule has 2 atom stereocenters. The van der Waals surface area contributed by atoms with Crippen LogP contribution in [0.15, 0.2) is 60.9 Å². The number of nitrogens with zero attached hydrogens (tertiary/aromatic N) is 5. The highest BCUT2D eigenvalue weighted by Crippen LogP contribution is 2.55. The van der Waals surface area contributed by atoms with Crippen molar-refractivity contribution in [1.29, 1.82) is 0 Å². The number of rotatable bonds is 8. The standard InChI is InChI=1S/C30H33N5O2/c1-34-19-28(32-33-34)25-17-26(25)29-27(30(36)37)18-31-35(29)24-12-6-11-23(16-24)22-10-5-9-21(15-22)14-13-20-7-3-2-4-8-20/h5-6,9-12,15-16,18-20,25-26H,2-4,7-8,13-14,17H2,1H3,(H,36,37)/t25-,26-/m1/s1. The Morgan fingerprint density at radius 1 is 1.03 bits per heavy atom. The van der Waals surface area contributed by atoms with Gasteiger partial charge in [-0.1, -0.05) is 73.7 Å². The Hall–Kier alpha value is -3.74. The van der Waals surface area contributed by atoms with Gasteiger partial charge in [-0.2, -0.15) is 5.10 Å². The number of aromatic carboxylic acids is 1. The summed E-state index contributed by atoms with van der Waals surface area (Å²) in [4.78, 5) is 12.1. The highest BCUT2D eigenvalue weighted by atomic mass is 16.4. The molecule has 0 aliphatic heterocycles. The molecule has 2 fully saturated rings. The van der Waals surface area contributed by atoms with Crippen LogP contribution in [0.1, 0.15) is 84.1 Å². The molecule has 7 heteroatoms. The van der Waals surface area contributed by atoms with Crippen LogP contribution in [0.5, 0.6) is 0 Å². The molecular formula is C30H33N5O2. The first kappa shape index (κ1) is 23.6. The van der Waals surface area contributed by atoms with E-state index in [2.05, 4.69) is 51.8 Å². The zero-order chi connectivity index (χ0) is 25.4. The predicted molar refractivity (Wildman–Crippen MR) is 142 cm³/mol. The van der Waals surface area contributed by atoms with Crippen LogP contribution in [0.25, 0.3) is 16.8 Å². The Morgan fingerprint density at radius 3 is 2.57 bits per heavy atom. The van der Waals surface area contributed by atoms with E-state index in [4.69, 9.17) is 0 Å². The van der Waals surface area contributed by atoms with E-state index in [1.165, 1.54) is 55.8 Å². The van der Waals surface area contributed by atoms with Gasteiger partial charge in [0.1, 0.15) is 5.56 Å². The minimum Gasteiger partial charge on any atom is -0.478 e. The average Bonchev–Trinajstić information content (AvgIpc) is 3.37. The van der Waals surface area contributed by atoms with Crippen molar-refractivity contribution >= 4 is 5.97 Å². The Balaban J connectivity index is 1.27. The number of carboxylic acids is 1. The SMILES string of the molecule is Cn1cc([C@@H]2C[C@H]2c2c(C(=O)O)cnn2-c2cccc(-c3cccc(CCC4CCCCC4)c3)c2)nn1. The number of aromatic nitrogens is 5. The van der Waals surface area contributed by atoms with Crippen LogP contribution in [-0.4, -0.2) is 35.9 Å². The minimum absolute atomic E-state index is 0.0528. The van der Waals surface area contributed by atoms with Crippen molar-refractivity contribution in [3.05, 3.63) is 83.4 Å². The van der Waals surface area contributed by atoms with Gasteiger partial charge >= 0.3 is 5.97 Å². The van der Waals surface area contributed by atoms with E-state index >= 15 is 0 Å². The minimum atomic E-state index is -0.951. The molecule has 2 aromatic carbocycles. The molecule has 37 heavy (non-hydrogen) atoms. The van der Waals surface area contributed by atoms with Crippen LogP contribution < -0.4 is 0 Å². The summed E-state index contributed by atoms with van der Waals surface area (Å²) >= 11 is 0. The van der Waals surface area contributed by atoms with Crippen LogP contribution in [0.4, 0.5) is 0 Å². The summed E-state index contributed by atoms with van der Waals surface area (Å²) in [7, 11) is 1.84. The molecule has 0 saturated heterocycles. The van der Waals surface area contributed by atoms with Crippen molar-refractivity contribution < 1.29 is 9.90 Å². The summed E-state index contributed by atoms with van der Waals surface area (Å²) in [6.07, 6.45) is 13.5. The van der Waals surface area contributed by atoms with E-state index in [1.54, 1.807) is 9.36 Å². The summed E-state index contributed by atoms with van der Waals surface area (Å²) < 4.78 is 3.49. The number of carboxylic acid groups (broad SMARTS) is 1. The van der Waals surface area contributed by atoms with Gasteiger partial charge in [0.15, 0.2) is 0 Å². The van der Waals surface area contributed by atoms with Crippen molar-refractivity contribution in [2.75, 3.05) is 0 Å². The maximum atomic E-state index is 12.1. The van der Waals surface area contributed by atoms with Gasteiger partial charge in [-0.25, -0.2) is 9.48 Å². The highest BCUT2D eigenvalue weighted by molar-refractivity contribution is 5.89. The van der Waals surface area contributed by atoms with E-state index in [0.717, 1.165) is 41.4 Å². The summed E-state index contributed by atoms with van der Waals surface area (Å²) in [5, 5.41) is 22.7. The monoisotopic (exact) mass is 495 g/mol. The number of aryl methyl sites for hydroxylation is 2. The molecule has 2 aromatic heterocycles. The van der Waals surface area contributed by atoms with Gasteiger partial charge in [0, 0.05) is 25.1 Å². The molecule has 0 spiro atoms. The van der Waals surface area contributed by atoms with Gasteiger partial charge in [0.25, 0.3) is 0 Å². The Kier molecular flexibility index (Phi) is 6.37. The molecule has 0 amide bonds. The van der Waals surface area contributed by atoms with Crippen molar-refractivity contribution in [2.45, 2.75) is 63.2 Å². The zero-order valence-electron chi connectivity index (χ0n) is 21.3. The maximum absolute atomic E-state index is 12.1. The summed E-state index contributed by atoms with van der Waals surface area (Å²) in [6.45, 7) is 0. The van der Waals surface area contributed by atoms with Crippen molar-refractivity contribution in [2.24, 2.45) is 13.0 Å². The number of hydrogen-bond acceptors (Lipinski definition) is 4. The van der Waals surface area contributed by atoms with E-state index in [-0.39, 0.29) is 17.4 Å². The van der Waals surface area contributed by atoms with Gasteiger partial charge in [0.05, 0.1) is 23.3 Å². The summed E-state index contributed by atoms with van der Waals surface area (Å²) in [5.41, 5.74) is 6.43. The zero-order valence-corrected chi connectivity index (χ0v) is 21.3. The molecule has 2 heterocycles. The lowest BCUT2D eigenvalue weighted by Crippen LogP contribution is -2.07. The van der Waals surface area contributed by atoms with Crippen molar-refractivity contribution in [3.63, 3.8) is 0 Å². The molecule has 7 nitrogen and oxygen atoms in total. The third kappa shape index (κ3) is 4.95. The van der Waals surface area contributed by atoms with Gasteiger partial charge in [-0.05, 0) is 54.0 Å². The van der Waals surface area contributed by atoms with Crippen molar-refractivity contribution in [3.8, 4) is 16.8 Å². The van der Waals surface area contributed by atoms with Crippen LogP contribution in [0.3, 0.4) is 0 Å². The molecule has 2 aliphatic rings.